The molecule has 0 bridgehead atoms. The molecule has 1 aliphatic rings. The van der Waals surface area contributed by atoms with Gasteiger partial charge in [0.25, 0.3) is 0 Å². The van der Waals surface area contributed by atoms with Crippen LogP contribution < -0.4 is 0 Å². The third-order valence-corrected chi connectivity index (χ3v) is 3.81. The van der Waals surface area contributed by atoms with Gasteiger partial charge >= 0.3 is 0 Å². The van der Waals surface area contributed by atoms with Crippen molar-refractivity contribution in [2.24, 2.45) is 0 Å². The summed E-state index contributed by atoms with van der Waals surface area (Å²) in [6.07, 6.45) is 3.85. The number of hydrogen-bond acceptors (Lipinski definition) is 8. The zero-order valence-corrected chi connectivity index (χ0v) is 11.2. The highest BCUT2D eigenvalue weighted by Crippen LogP contribution is 2.36. The summed E-state index contributed by atoms with van der Waals surface area (Å²) in [6, 6.07) is 4.02. The Balaban J connectivity index is 1.45. The van der Waals surface area contributed by atoms with Crippen LogP contribution in [0.2, 0.25) is 0 Å². The smallest absolute Gasteiger partial charge is 0.238 e. The Labute approximate surface area is 117 Å². The summed E-state index contributed by atoms with van der Waals surface area (Å²) < 4.78 is 12.3. The minimum Gasteiger partial charge on any atom is -0.461 e. The predicted molar refractivity (Wildman–Crippen MR) is 67.6 cm³/mol. The van der Waals surface area contributed by atoms with E-state index in [1.54, 1.807) is 18.4 Å². The minimum absolute atomic E-state index is 0.451. The van der Waals surface area contributed by atoms with Gasteiger partial charge in [-0.1, -0.05) is 16.9 Å². The fraction of sp³-hybridized carbons (Fsp3) is 0.364. The number of rotatable bonds is 5. The largest absolute Gasteiger partial charge is 0.461 e. The lowest BCUT2D eigenvalue weighted by atomic mass is 10.4. The molecule has 0 radical (unpaired) electrons. The van der Waals surface area contributed by atoms with Gasteiger partial charge in [0.05, 0.1) is 18.1 Å². The molecule has 20 heavy (non-hydrogen) atoms. The molecule has 3 aromatic rings. The molecule has 8 nitrogen and oxygen atoms in total. The van der Waals surface area contributed by atoms with E-state index in [0.29, 0.717) is 29.3 Å². The van der Waals surface area contributed by atoms with Crippen LogP contribution in [0, 0.1) is 0 Å². The normalized spacial score (nSPS) is 14.8. The zero-order valence-electron chi connectivity index (χ0n) is 10.3. The molecule has 0 spiro atoms. The van der Waals surface area contributed by atoms with Crippen LogP contribution >= 0.6 is 11.8 Å². The van der Waals surface area contributed by atoms with Gasteiger partial charge < -0.3 is 8.94 Å². The summed E-state index contributed by atoms with van der Waals surface area (Å²) in [5.41, 5.74) is 0. The van der Waals surface area contributed by atoms with Crippen molar-refractivity contribution in [1.82, 2.24) is 30.3 Å². The van der Waals surface area contributed by atoms with Gasteiger partial charge in [-0.05, 0) is 35.4 Å². The van der Waals surface area contributed by atoms with E-state index in [-0.39, 0.29) is 0 Å². The standard InChI is InChI=1S/C11H10N6O2S/c1-2-8(18-5-1)10-12-9(19-14-10)6-20-11-13-15-16-17(11)7-3-4-7/h1-2,5,7H,3-4,6H2. The average Bonchev–Trinajstić information content (AvgIpc) is 2.93. The van der Waals surface area contributed by atoms with Crippen LogP contribution in [0.3, 0.4) is 0 Å². The molecule has 1 fully saturated rings. The van der Waals surface area contributed by atoms with Crippen LogP contribution in [0.5, 0.6) is 0 Å². The van der Waals surface area contributed by atoms with Crippen LogP contribution in [-0.4, -0.2) is 30.3 Å². The van der Waals surface area contributed by atoms with Crippen molar-refractivity contribution in [3.63, 3.8) is 0 Å². The lowest BCUT2D eigenvalue weighted by Gasteiger charge is -1.98. The maximum Gasteiger partial charge on any atom is 0.238 e. The number of tetrazole rings is 1. The van der Waals surface area contributed by atoms with E-state index in [9.17, 15) is 0 Å². The fourth-order valence-corrected chi connectivity index (χ4v) is 2.56. The van der Waals surface area contributed by atoms with Crippen molar-refractivity contribution in [3.05, 3.63) is 24.3 Å². The van der Waals surface area contributed by atoms with E-state index in [4.69, 9.17) is 8.94 Å². The third-order valence-electron chi connectivity index (χ3n) is 2.89. The van der Waals surface area contributed by atoms with E-state index >= 15 is 0 Å². The maximum absolute atomic E-state index is 5.21. The van der Waals surface area contributed by atoms with Crippen molar-refractivity contribution in [2.45, 2.75) is 29.8 Å². The Bertz CT molecular complexity index is 702. The molecule has 3 heterocycles. The molecule has 9 heteroatoms. The van der Waals surface area contributed by atoms with E-state index in [1.165, 1.54) is 11.8 Å². The van der Waals surface area contributed by atoms with Crippen LogP contribution in [-0.2, 0) is 5.75 Å². The van der Waals surface area contributed by atoms with E-state index in [2.05, 4.69) is 25.7 Å². The summed E-state index contributed by atoms with van der Waals surface area (Å²) >= 11 is 1.49. The number of aromatic nitrogens is 6. The van der Waals surface area contributed by atoms with Gasteiger partial charge in [-0.3, -0.25) is 0 Å². The Morgan fingerprint density at radius 3 is 3.15 bits per heavy atom. The predicted octanol–water partition coefficient (Wildman–Crippen LogP) is 1.94. The molecule has 102 valence electrons. The SMILES string of the molecule is c1coc(-c2noc(CSc3nnnn3C3CC3)n2)c1. The van der Waals surface area contributed by atoms with Crippen molar-refractivity contribution in [3.8, 4) is 11.6 Å². The molecular weight excluding hydrogens is 280 g/mol. The van der Waals surface area contributed by atoms with Crippen LogP contribution in [0.25, 0.3) is 11.6 Å². The van der Waals surface area contributed by atoms with Crippen molar-refractivity contribution in [1.29, 1.82) is 0 Å². The first-order chi connectivity index (χ1) is 9.90. The summed E-state index contributed by atoms with van der Waals surface area (Å²) in [5.74, 6) is 2.09. The molecule has 0 amide bonds. The lowest BCUT2D eigenvalue weighted by Crippen LogP contribution is -1.98. The molecule has 0 aromatic carbocycles. The summed E-state index contributed by atoms with van der Waals surface area (Å²) in [7, 11) is 0. The molecule has 1 saturated carbocycles. The van der Waals surface area contributed by atoms with Gasteiger partial charge in [0.15, 0.2) is 5.76 Å². The van der Waals surface area contributed by atoms with Gasteiger partial charge in [-0.2, -0.15) is 4.98 Å². The second-order valence-electron chi connectivity index (χ2n) is 4.41. The first kappa shape index (κ1) is 11.6. The fourth-order valence-electron chi connectivity index (χ4n) is 1.77. The Morgan fingerprint density at radius 1 is 1.40 bits per heavy atom. The van der Waals surface area contributed by atoms with Crippen LogP contribution in [0.15, 0.2) is 32.5 Å². The van der Waals surface area contributed by atoms with Gasteiger partial charge in [-0.25, -0.2) is 4.68 Å². The van der Waals surface area contributed by atoms with Crippen LogP contribution in [0.1, 0.15) is 24.8 Å². The summed E-state index contributed by atoms with van der Waals surface area (Å²) in [5, 5.41) is 16.4. The minimum atomic E-state index is 0.451. The highest BCUT2D eigenvalue weighted by molar-refractivity contribution is 7.98. The average molecular weight is 290 g/mol. The summed E-state index contributed by atoms with van der Waals surface area (Å²) in [4.78, 5) is 4.27. The molecule has 3 aromatic heterocycles. The molecule has 0 atom stereocenters. The highest BCUT2D eigenvalue weighted by Gasteiger charge is 2.28. The number of furan rings is 1. The summed E-state index contributed by atoms with van der Waals surface area (Å²) in [6.45, 7) is 0. The van der Waals surface area contributed by atoms with E-state index < -0.39 is 0 Å². The van der Waals surface area contributed by atoms with Crippen molar-refractivity contribution >= 4 is 11.8 Å². The van der Waals surface area contributed by atoms with Gasteiger partial charge in [0.2, 0.25) is 16.9 Å². The molecule has 4 rings (SSSR count). The second-order valence-corrected chi connectivity index (χ2v) is 5.36. The molecule has 0 N–H and O–H groups in total. The van der Waals surface area contributed by atoms with Crippen molar-refractivity contribution in [2.75, 3.05) is 0 Å². The zero-order chi connectivity index (χ0) is 13.4. The lowest BCUT2D eigenvalue weighted by molar-refractivity contribution is 0.390. The topological polar surface area (TPSA) is 95.7 Å². The first-order valence-corrected chi connectivity index (χ1v) is 7.16. The quantitative estimate of drug-likeness (QED) is 0.658. The Hall–Kier alpha value is -2.16. The second kappa shape index (κ2) is 4.75. The number of thioether (sulfide) groups is 1. The molecule has 1 aliphatic carbocycles. The Kier molecular flexibility index (Phi) is 2.76. The molecule has 0 saturated heterocycles. The third kappa shape index (κ3) is 2.20. The molecular formula is C11H10N6O2S. The van der Waals surface area contributed by atoms with E-state index in [1.807, 2.05) is 4.68 Å². The van der Waals surface area contributed by atoms with Crippen molar-refractivity contribution < 1.29 is 8.94 Å². The maximum atomic E-state index is 5.21. The van der Waals surface area contributed by atoms with Crippen LogP contribution in [0.4, 0.5) is 0 Å². The first-order valence-electron chi connectivity index (χ1n) is 6.17. The molecule has 0 aliphatic heterocycles. The van der Waals surface area contributed by atoms with Gasteiger partial charge in [0, 0.05) is 0 Å². The number of hydrogen-bond donors (Lipinski definition) is 0. The van der Waals surface area contributed by atoms with Gasteiger partial charge in [0.1, 0.15) is 0 Å². The Morgan fingerprint density at radius 2 is 2.35 bits per heavy atom. The van der Waals surface area contributed by atoms with E-state index in [0.717, 1.165) is 18.0 Å². The number of nitrogens with zero attached hydrogens (tertiary/aromatic N) is 6. The molecule has 0 unspecified atom stereocenters. The monoisotopic (exact) mass is 290 g/mol. The van der Waals surface area contributed by atoms with Gasteiger partial charge in [-0.15, -0.1) is 5.10 Å². The highest BCUT2D eigenvalue weighted by atomic mass is 32.2.